The summed E-state index contributed by atoms with van der Waals surface area (Å²) in [5.74, 6) is -2.73. The van der Waals surface area contributed by atoms with Crippen molar-refractivity contribution in [3.05, 3.63) is 87.3 Å². The van der Waals surface area contributed by atoms with E-state index in [2.05, 4.69) is 4.74 Å². The molecule has 10 nitrogen and oxygen atoms in total. The highest BCUT2D eigenvalue weighted by atomic mass is 32.1. The number of thiophene rings is 1. The third-order valence-electron chi connectivity index (χ3n) is 7.52. The van der Waals surface area contributed by atoms with Crippen molar-refractivity contribution < 1.29 is 37.3 Å². The van der Waals surface area contributed by atoms with E-state index in [4.69, 9.17) is 14.2 Å². The number of nitrogens with zero attached hydrogens (tertiary/aromatic N) is 3. The zero-order chi connectivity index (χ0) is 28.4. The molecule has 0 N–H and O–H groups in total. The number of aromatic nitrogens is 1. The number of carbonyl (C=O) groups excluding carboxylic acids is 2. The van der Waals surface area contributed by atoms with E-state index < -0.39 is 48.1 Å². The predicted octanol–water partition coefficient (Wildman–Crippen LogP) is 3.98. The van der Waals surface area contributed by atoms with Crippen LogP contribution in [0.1, 0.15) is 27.7 Å². The van der Waals surface area contributed by atoms with Crippen LogP contribution in [0.2, 0.25) is 0 Å². The van der Waals surface area contributed by atoms with Crippen molar-refractivity contribution in [2.24, 2.45) is 0 Å². The van der Waals surface area contributed by atoms with Crippen molar-refractivity contribution >= 4 is 33.5 Å². The number of fused-ring (bicyclic) bond motifs is 7. The molecule has 0 saturated carbocycles. The Morgan fingerprint density at radius 1 is 1.15 bits per heavy atom. The quantitative estimate of drug-likeness (QED) is 0.264. The Labute approximate surface area is 234 Å². The van der Waals surface area contributed by atoms with Crippen molar-refractivity contribution in [1.82, 2.24) is 9.58 Å². The Morgan fingerprint density at radius 2 is 1.98 bits per heavy atom. The second kappa shape index (κ2) is 9.56. The summed E-state index contributed by atoms with van der Waals surface area (Å²) in [6.45, 7) is -0.0566. The number of hydrogen-bond donors (Lipinski definition) is 0. The number of ether oxygens (including phenoxy) is 4. The van der Waals surface area contributed by atoms with Gasteiger partial charge in [-0.1, -0.05) is 24.3 Å². The van der Waals surface area contributed by atoms with Gasteiger partial charge in [0.1, 0.15) is 12.2 Å². The molecule has 2 aromatic carbocycles. The monoisotopic (exact) mass is 581 g/mol. The van der Waals surface area contributed by atoms with Gasteiger partial charge in [0.15, 0.2) is 17.3 Å². The molecule has 0 bridgehead atoms. The van der Waals surface area contributed by atoms with Crippen LogP contribution in [-0.2, 0) is 14.2 Å². The summed E-state index contributed by atoms with van der Waals surface area (Å²) in [6, 6.07) is 10.8. The fourth-order valence-electron chi connectivity index (χ4n) is 5.83. The van der Waals surface area contributed by atoms with Crippen molar-refractivity contribution in [3.8, 4) is 16.2 Å². The van der Waals surface area contributed by atoms with Gasteiger partial charge in [0.05, 0.1) is 20.3 Å². The summed E-state index contributed by atoms with van der Waals surface area (Å²) in [7, 11) is 1.12. The van der Waals surface area contributed by atoms with E-state index in [0.717, 1.165) is 28.8 Å². The van der Waals surface area contributed by atoms with E-state index in [1.54, 1.807) is 11.0 Å². The summed E-state index contributed by atoms with van der Waals surface area (Å²) >= 11 is 1.36. The second-order valence-corrected chi connectivity index (χ2v) is 10.6. The van der Waals surface area contributed by atoms with Crippen molar-refractivity contribution in [2.75, 3.05) is 38.7 Å². The van der Waals surface area contributed by atoms with E-state index in [-0.39, 0.29) is 36.8 Å². The fraction of sp³-hybridized carbons (Fsp3) is 0.250. The van der Waals surface area contributed by atoms with E-state index in [9.17, 15) is 18.8 Å². The number of hydrogen-bond acceptors (Lipinski definition) is 9. The number of methoxy groups -OCH3 is 1. The average Bonchev–Trinajstić information content (AvgIpc) is 3.51. The maximum Gasteiger partial charge on any atom is 0.510 e. The van der Waals surface area contributed by atoms with Gasteiger partial charge in [-0.05, 0) is 23.1 Å². The van der Waals surface area contributed by atoms with Gasteiger partial charge in [-0.25, -0.2) is 13.6 Å². The third-order valence-corrected chi connectivity index (χ3v) is 8.73. The molecule has 3 aliphatic rings. The van der Waals surface area contributed by atoms with E-state index in [0.29, 0.717) is 10.4 Å². The van der Waals surface area contributed by atoms with Crippen molar-refractivity contribution in [3.63, 3.8) is 0 Å². The lowest BCUT2D eigenvalue weighted by Gasteiger charge is -2.50. The molecule has 2 atom stereocenters. The van der Waals surface area contributed by atoms with Gasteiger partial charge in [0.2, 0.25) is 18.0 Å². The van der Waals surface area contributed by atoms with Crippen LogP contribution in [0.5, 0.6) is 5.75 Å². The van der Waals surface area contributed by atoms with E-state index in [1.165, 1.54) is 28.3 Å². The number of pyridine rings is 1. The molecule has 1 amide bonds. The van der Waals surface area contributed by atoms with Crippen LogP contribution < -0.4 is 15.2 Å². The van der Waals surface area contributed by atoms with Crippen LogP contribution in [0.15, 0.2) is 53.5 Å². The third kappa shape index (κ3) is 3.72. The molecule has 1 fully saturated rings. The normalized spacial score (nSPS) is 19.0. The number of amides is 1. The maximum absolute atomic E-state index is 15.5. The Hall–Kier alpha value is -4.49. The first kappa shape index (κ1) is 25.5. The van der Waals surface area contributed by atoms with Crippen LogP contribution in [0.4, 0.5) is 13.6 Å². The summed E-state index contributed by atoms with van der Waals surface area (Å²) in [4.78, 5) is 40.4. The van der Waals surface area contributed by atoms with Gasteiger partial charge in [-0.15, -0.1) is 11.3 Å². The summed E-state index contributed by atoms with van der Waals surface area (Å²) < 4.78 is 53.0. The predicted molar refractivity (Wildman–Crippen MR) is 143 cm³/mol. The number of halogens is 2. The molecule has 1 aliphatic carbocycles. The summed E-state index contributed by atoms with van der Waals surface area (Å²) in [5, 5.41) is 2.70. The largest absolute Gasteiger partial charge is 0.510 e. The highest BCUT2D eigenvalue weighted by molar-refractivity contribution is 7.22. The summed E-state index contributed by atoms with van der Waals surface area (Å²) in [6.07, 6.45) is -0.229. The molecule has 2 aliphatic heterocycles. The topological polar surface area (TPSA) is 99.5 Å². The molecular formula is C28H21F2N3O7S. The minimum Gasteiger partial charge on any atom is -0.451 e. The highest BCUT2D eigenvalue weighted by Crippen LogP contribution is 2.55. The minimum atomic E-state index is -1.02. The van der Waals surface area contributed by atoms with Crippen LogP contribution in [0.3, 0.4) is 0 Å². The molecule has 0 spiro atoms. The zero-order valence-electron chi connectivity index (χ0n) is 21.5. The molecule has 210 valence electrons. The van der Waals surface area contributed by atoms with Gasteiger partial charge < -0.3 is 23.8 Å². The number of benzene rings is 2. The first-order valence-electron chi connectivity index (χ1n) is 12.7. The molecule has 7 rings (SSSR count). The van der Waals surface area contributed by atoms with Crippen molar-refractivity contribution in [2.45, 2.75) is 12.2 Å². The fourth-order valence-corrected chi connectivity index (χ4v) is 7.13. The zero-order valence-corrected chi connectivity index (χ0v) is 22.3. The van der Waals surface area contributed by atoms with Gasteiger partial charge in [0, 0.05) is 39.5 Å². The van der Waals surface area contributed by atoms with E-state index in [1.807, 2.05) is 29.3 Å². The lowest BCUT2D eigenvalue weighted by Crippen LogP contribution is -2.66. The van der Waals surface area contributed by atoms with Crippen LogP contribution in [0, 0.1) is 11.6 Å². The molecule has 13 heteroatoms. The standard InChI is InChI=1S/C28H21F2N3O7S/c1-37-28(36)40-13-39-25-17(34)8-9-32-24(25)27(35)31-10-11-38-12-19(31)33(32)23-15-6-7-16(29)22(30)20(15)26-21(23)14-4-2-3-5-18(14)41-26/h2-9,19,23H,10-13H2,1H3/t19-,23+/m1/s1. The van der Waals surface area contributed by atoms with Crippen LogP contribution in [-0.4, -0.2) is 61.5 Å². The molecule has 2 aromatic heterocycles. The Morgan fingerprint density at radius 3 is 2.80 bits per heavy atom. The SMILES string of the molecule is COC(=O)OCOc1c2n(ccc1=O)N([C@H]1c3ccc(F)c(F)c3-c3sc4ccccc4c31)[C@@H]1COCCN1C2=O. The molecule has 4 aromatic rings. The molecule has 0 radical (unpaired) electrons. The summed E-state index contributed by atoms with van der Waals surface area (Å²) in [5.41, 5.74) is 0.729. The highest BCUT2D eigenvalue weighted by Gasteiger charge is 2.49. The van der Waals surface area contributed by atoms with Gasteiger partial charge >= 0.3 is 6.16 Å². The molecular weight excluding hydrogens is 560 g/mol. The number of carbonyl (C=O) groups is 2. The number of morpholine rings is 1. The van der Waals surface area contributed by atoms with Gasteiger partial charge in [-0.2, -0.15) is 0 Å². The lowest BCUT2D eigenvalue weighted by molar-refractivity contribution is -0.0206. The van der Waals surface area contributed by atoms with Gasteiger partial charge in [-0.3, -0.25) is 19.3 Å². The lowest BCUT2D eigenvalue weighted by atomic mass is 10.0. The first-order valence-corrected chi connectivity index (χ1v) is 13.5. The molecule has 0 unspecified atom stereocenters. The average molecular weight is 582 g/mol. The Kier molecular flexibility index (Phi) is 5.94. The molecule has 41 heavy (non-hydrogen) atoms. The Bertz CT molecular complexity index is 1810. The van der Waals surface area contributed by atoms with Crippen LogP contribution in [0.25, 0.3) is 20.5 Å². The minimum absolute atomic E-state index is 0.0961. The van der Waals surface area contributed by atoms with Crippen molar-refractivity contribution in [1.29, 1.82) is 0 Å². The molecule has 1 saturated heterocycles. The molecule has 4 heterocycles. The smallest absolute Gasteiger partial charge is 0.451 e. The van der Waals surface area contributed by atoms with Crippen LogP contribution >= 0.6 is 11.3 Å². The first-order chi connectivity index (χ1) is 19.9. The number of rotatable bonds is 4. The van der Waals surface area contributed by atoms with E-state index >= 15 is 4.39 Å². The van der Waals surface area contributed by atoms with Gasteiger partial charge in [0.25, 0.3) is 5.91 Å². The second-order valence-electron chi connectivity index (χ2n) is 9.57. The Balaban J connectivity index is 1.47. The maximum atomic E-state index is 15.5.